The molecule has 1 fully saturated rings. The number of rotatable bonds is 4. The van der Waals surface area contributed by atoms with E-state index in [4.69, 9.17) is 0 Å². The van der Waals surface area contributed by atoms with Crippen molar-refractivity contribution in [1.82, 2.24) is 4.90 Å². The van der Waals surface area contributed by atoms with Crippen LogP contribution in [0.25, 0.3) is 0 Å². The summed E-state index contributed by atoms with van der Waals surface area (Å²) in [7, 11) is 0. The third-order valence-corrected chi connectivity index (χ3v) is 5.00. The molecule has 2 aromatic rings. The summed E-state index contributed by atoms with van der Waals surface area (Å²) in [5.74, 6) is 0.471. The lowest BCUT2D eigenvalue weighted by Crippen LogP contribution is -2.57. The summed E-state index contributed by atoms with van der Waals surface area (Å²) >= 11 is 0. The van der Waals surface area contributed by atoms with E-state index in [1.807, 2.05) is 62.4 Å². The lowest BCUT2D eigenvalue weighted by atomic mass is 10.0. The predicted octanol–water partition coefficient (Wildman–Crippen LogP) is 4.07. The number of carbonyl (C=O) groups excluding carboxylic acids is 2. The zero-order chi connectivity index (χ0) is 19.6. The Morgan fingerprint density at radius 2 is 1.85 bits per heavy atom. The number of piperazine rings is 1. The molecule has 1 aliphatic rings. The summed E-state index contributed by atoms with van der Waals surface area (Å²) in [4.78, 5) is 29.1. The second-order valence-electron chi connectivity index (χ2n) is 7.92. The highest BCUT2D eigenvalue weighted by Crippen LogP contribution is 2.22. The summed E-state index contributed by atoms with van der Waals surface area (Å²) in [6.07, 6.45) is 0.999. The van der Waals surface area contributed by atoms with Crippen LogP contribution in [0.5, 0.6) is 0 Å². The number of benzene rings is 2. The number of carbonyl (C=O) groups is 2. The van der Waals surface area contributed by atoms with Crippen molar-refractivity contribution in [2.75, 3.05) is 18.0 Å². The summed E-state index contributed by atoms with van der Waals surface area (Å²) in [5.41, 5.74) is 3.89. The van der Waals surface area contributed by atoms with Crippen molar-refractivity contribution in [2.24, 2.45) is 5.92 Å². The molecule has 27 heavy (non-hydrogen) atoms. The van der Waals surface area contributed by atoms with Gasteiger partial charge in [-0.05, 0) is 61.6 Å². The molecule has 2 amide bonds. The number of nitrogens with zero attached hydrogens (tertiary/aromatic N) is 2. The minimum Gasteiger partial charge on any atom is -0.325 e. The van der Waals surface area contributed by atoms with E-state index in [0.717, 1.165) is 17.7 Å². The van der Waals surface area contributed by atoms with Crippen LogP contribution < -0.4 is 4.90 Å². The normalized spacial score (nSPS) is 17.5. The fourth-order valence-corrected chi connectivity index (χ4v) is 3.59. The van der Waals surface area contributed by atoms with E-state index in [2.05, 4.69) is 13.8 Å². The van der Waals surface area contributed by atoms with Gasteiger partial charge < -0.3 is 9.80 Å². The predicted molar refractivity (Wildman–Crippen MR) is 109 cm³/mol. The molecular formula is C23H28N2O2. The van der Waals surface area contributed by atoms with Gasteiger partial charge in [0.1, 0.15) is 6.54 Å². The van der Waals surface area contributed by atoms with Gasteiger partial charge in [-0.3, -0.25) is 9.59 Å². The SMILES string of the molecule is Cc1cccc(N2CC(C)N(C(=O)c3ccc(CC(C)C)cc3)CC2=O)c1. The number of hydrogen-bond donors (Lipinski definition) is 0. The van der Waals surface area contributed by atoms with Crippen LogP contribution in [-0.4, -0.2) is 35.8 Å². The molecule has 0 aromatic heterocycles. The average Bonchev–Trinajstić information content (AvgIpc) is 2.63. The lowest BCUT2D eigenvalue weighted by Gasteiger charge is -2.39. The first-order valence-corrected chi connectivity index (χ1v) is 9.62. The number of anilines is 1. The molecular weight excluding hydrogens is 336 g/mol. The van der Waals surface area contributed by atoms with Crippen molar-refractivity contribution in [1.29, 1.82) is 0 Å². The van der Waals surface area contributed by atoms with Crippen LogP contribution in [0.1, 0.15) is 42.3 Å². The van der Waals surface area contributed by atoms with Crippen LogP contribution in [-0.2, 0) is 11.2 Å². The van der Waals surface area contributed by atoms with Gasteiger partial charge in [-0.2, -0.15) is 0 Å². The van der Waals surface area contributed by atoms with Gasteiger partial charge in [-0.1, -0.05) is 38.1 Å². The van der Waals surface area contributed by atoms with Crippen molar-refractivity contribution >= 4 is 17.5 Å². The van der Waals surface area contributed by atoms with Gasteiger partial charge in [-0.15, -0.1) is 0 Å². The summed E-state index contributed by atoms with van der Waals surface area (Å²) < 4.78 is 0. The molecule has 1 aliphatic heterocycles. The highest BCUT2D eigenvalue weighted by atomic mass is 16.2. The van der Waals surface area contributed by atoms with E-state index in [0.29, 0.717) is 18.0 Å². The lowest BCUT2D eigenvalue weighted by molar-refractivity contribution is -0.121. The Bertz CT molecular complexity index is 827. The average molecular weight is 364 g/mol. The minimum absolute atomic E-state index is 0.0361. The highest BCUT2D eigenvalue weighted by molar-refractivity contribution is 6.02. The van der Waals surface area contributed by atoms with Gasteiger partial charge in [0.25, 0.3) is 5.91 Å². The zero-order valence-electron chi connectivity index (χ0n) is 16.6. The number of hydrogen-bond acceptors (Lipinski definition) is 2. The fraction of sp³-hybridized carbons (Fsp3) is 0.391. The Kier molecular flexibility index (Phi) is 5.64. The zero-order valence-corrected chi connectivity index (χ0v) is 16.6. The maximum Gasteiger partial charge on any atom is 0.254 e. The molecule has 0 N–H and O–H groups in total. The molecule has 1 atom stereocenters. The van der Waals surface area contributed by atoms with Gasteiger partial charge in [0, 0.05) is 23.8 Å². The van der Waals surface area contributed by atoms with Crippen LogP contribution in [0, 0.1) is 12.8 Å². The van der Waals surface area contributed by atoms with E-state index >= 15 is 0 Å². The summed E-state index contributed by atoms with van der Waals surface area (Å²) in [6, 6.07) is 15.7. The molecule has 0 radical (unpaired) electrons. The smallest absolute Gasteiger partial charge is 0.254 e. The Labute approximate surface area is 161 Å². The third-order valence-electron chi connectivity index (χ3n) is 5.00. The number of amides is 2. The van der Waals surface area contributed by atoms with Gasteiger partial charge in [0.2, 0.25) is 5.91 Å². The van der Waals surface area contributed by atoms with E-state index < -0.39 is 0 Å². The van der Waals surface area contributed by atoms with Crippen LogP contribution in [0.2, 0.25) is 0 Å². The molecule has 0 spiro atoms. The first kappa shape index (κ1) is 19.2. The molecule has 1 heterocycles. The van der Waals surface area contributed by atoms with Gasteiger partial charge >= 0.3 is 0 Å². The van der Waals surface area contributed by atoms with Gasteiger partial charge in [0.05, 0.1) is 0 Å². The molecule has 0 saturated carbocycles. The Morgan fingerprint density at radius 1 is 1.15 bits per heavy atom. The second-order valence-corrected chi connectivity index (χ2v) is 7.92. The largest absolute Gasteiger partial charge is 0.325 e. The van der Waals surface area contributed by atoms with Gasteiger partial charge in [-0.25, -0.2) is 0 Å². The van der Waals surface area contributed by atoms with E-state index in [-0.39, 0.29) is 24.4 Å². The standard InChI is InChI=1S/C23H28N2O2/c1-16(2)12-19-8-10-20(11-9-19)23(27)24-15-22(26)25(14-18(24)4)21-7-5-6-17(3)13-21/h5-11,13,16,18H,12,14-15H2,1-4H3. The molecule has 0 aliphatic carbocycles. The molecule has 4 nitrogen and oxygen atoms in total. The second kappa shape index (κ2) is 7.95. The summed E-state index contributed by atoms with van der Waals surface area (Å²) in [6.45, 7) is 9.00. The fourth-order valence-electron chi connectivity index (χ4n) is 3.59. The minimum atomic E-state index is -0.0733. The Balaban J connectivity index is 1.73. The molecule has 1 saturated heterocycles. The van der Waals surface area contributed by atoms with Crippen molar-refractivity contribution in [3.63, 3.8) is 0 Å². The van der Waals surface area contributed by atoms with Crippen molar-refractivity contribution < 1.29 is 9.59 Å². The van der Waals surface area contributed by atoms with Crippen LogP contribution in [0.15, 0.2) is 48.5 Å². The topological polar surface area (TPSA) is 40.6 Å². The first-order chi connectivity index (χ1) is 12.8. The van der Waals surface area contributed by atoms with Crippen LogP contribution in [0.3, 0.4) is 0 Å². The maximum absolute atomic E-state index is 12.9. The monoisotopic (exact) mass is 364 g/mol. The third kappa shape index (κ3) is 4.38. The Hall–Kier alpha value is -2.62. The van der Waals surface area contributed by atoms with E-state index in [1.165, 1.54) is 5.56 Å². The quantitative estimate of drug-likeness (QED) is 0.820. The highest BCUT2D eigenvalue weighted by Gasteiger charge is 2.33. The van der Waals surface area contributed by atoms with Crippen molar-refractivity contribution in [2.45, 2.75) is 40.2 Å². The molecule has 2 aromatic carbocycles. The first-order valence-electron chi connectivity index (χ1n) is 9.62. The van der Waals surface area contributed by atoms with Gasteiger partial charge in [0.15, 0.2) is 0 Å². The molecule has 4 heteroatoms. The van der Waals surface area contributed by atoms with Crippen molar-refractivity contribution in [3.05, 3.63) is 65.2 Å². The Morgan fingerprint density at radius 3 is 2.48 bits per heavy atom. The molecule has 3 rings (SSSR count). The molecule has 1 unspecified atom stereocenters. The van der Waals surface area contributed by atoms with E-state index in [1.54, 1.807) is 9.80 Å². The van der Waals surface area contributed by atoms with Crippen LogP contribution >= 0.6 is 0 Å². The van der Waals surface area contributed by atoms with E-state index in [9.17, 15) is 9.59 Å². The van der Waals surface area contributed by atoms with Crippen molar-refractivity contribution in [3.8, 4) is 0 Å². The molecule has 0 bridgehead atoms. The van der Waals surface area contributed by atoms with Crippen LogP contribution in [0.4, 0.5) is 5.69 Å². The number of aryl methyl sites for hydroxylation is 1. The maximum atomic E-state index is 12.9. The molecule has 142 valence electrons. The summed E-state index contributed by atoms with van der Waals surface area (Å²) in [5, 5.41) is 0.